The fourth-order valence-corrected chi connectivity index (χ4v) is 3.30. The number of aromatic nitrogens is 2. The number of carbonyl (C=O) groups excluding carboxylic acids is 3. The zero-order valence-corrected chi connectivity index (χ0v) is 16.5. The van der Waals surface area contributed by atoms with Crippen molar-refractivity contribution in [1.82, 2.24) is 9.78 Å². The van der Waals surface area contributed by atoms with E-state index in [0.717, 1.165) is 17.0 Å². The molecule has 0 aliphatic heterocycles. The number of carbonyl (C=O) groups is 3. The van der Waals surface area contributed by atoms with Crippen molar-refractivity contribution in [3.63, 3.8) is 0 Å². The standard InChI is InChI=1S/C17H20ClN3O4S/c1-9-16(10(2)21(4)20-9)19-17(24)11(3)25-15(23)8-5-12(22)13-6-7-14(18)26-13/h6-7,11H,5,8H2,1-4H3,(H,19,24)/t11-/m1/s1. The summed E-state index contributed by atoms with van der Waals surface area (Å²) >= 11 is 6.95. The Labute approximate surface area is 160 Å². The molecule has 1 atom stereocenters. The lowest BCUT2D eigenvalue weighted by molar-refractivity contribution is -0.153. The highest BCUT2D eigenvalue weighted by Gasteiger charge is 2.21. The molecule has 0 radical (unpaired) electrons. The van der Waals surface area contributed by atoms with Crippen LogP contribution in [-0.4, -0.2) is 33.5 Å². The normalized spacial score (nSPS) is 11.9. The van der Waals surface area contributed by atoms with Crippen LogP contribution < -0.4 is 5.32 Å². The van der Waals surface area contributed by atoms with Crippen LogP contribution in [-0.2, 0) is 21.4 Å². The number of nitrogens with zero attached hydrogens (tertiary/aromatic N) is 2. The topological polar surface area (TPSA) is 90.3 Å². The van der Waals surface area contributed by atoms with Crippen molar-refractivity contribution in [3.8, 4) is 0 Å². The third-order valence-corrected chi connectivity index (χ3v) is 5.11. The molecule has 0 spiro atoms. The molecule has 2 rings (SSSR count). The quantitative estimate of drug-likeness (QED) is 0.572. The van der Waals surface area contributed by atoms with Crippen LogP contribution in [0.3, 0.4) is 0 Å². The van der Waals surface area contributed by atoms with Crippen molar-refractivity contribution >= 4 is 46.3 Å². The molecule has 0 aliphatic rings. The summed E-state index contributed by atoms with van der Waals surface area (Å²) in [6.45, 7) is 5.09. The molecule has 1 amide bonds. The molecule has 2 aromatic rings. The average molecular weight is 398 g/mol. The van der Waals surface area contributed by atoms with Gasteiger partial charge in [-0.1, -0.05) is 11.6 Å². The van der Waals surface area contributed by atoms with E-state index in [1.54, 1.807) is 30.8 Å². The van der Waals surface area contributed by atoms with E-state index in [2.05, 4.69) is 10.4 Å². The van der Waals surface area contributed by atoms with E-state index >= 15 is 0 Å². The Balaban J connectivity index is 1.84. The molecule has 0 bridgehead atoms. The van der Waals surface area contributed by atoms with Crippen LogP contribution in [0.1, 0.15) is 40.8 Å². The van der Waals surface area contributed by atoms with E-state index in [-0.39, 0.29) is 18.6 Å². The average Bonchev–Trinajstić information content (AvgIpc) is 3.11. The van der Waals surface area contributed by atoms with Gasteiger partial charge in [0.25, 0.3) is 5.91 Å². The van der Waals surface area contributed by atoms with Gasteiger partial charge in [-0.15, -0.1) is 11.3 Å². The molecule has 140 valence electrons. The summed E-state index contributed by atoms with van der Waals surface area (Å²) in [5.41, 5.74) is 2.08. The van der Waals surface area contributed by atoms with E-state index < -0.39 is 18.0 Å². The Morgan fingerprint density at radius 3 is 2.54 bits per heavy atom. The molecule has 2 heterocycles. The number of hydrogen-bond acceptors (Lipinski definition) is 6. The number of aryl methyl sites for hydroxylation is 2. The van der Waals surface area contributed by atoms with Gasteiger partial charge in [-0.2, -0.15) is 5.10 Å². The minimum atomic E-state index is -0.979. The van der Waals surface area contributed by atoms with Crippen molar-refractivity contribution in [2.45, 2.75) is 39.7 Å². The number of halogens is 1. The maximum atomic E-state index is 12.2. The van der Waals surface area contributed by atoms with Crippen LogP contribution in [0, 0.1) is 13.8 Å². The molecule has 1 N–H and O–H groups in total. The zero-order chi connectivity index (χ0) is 19.4. The Hall–Kier alpha value is -2.19. The monoisotopic (exact) mass is 397 g/mol. The van der Waals surface area contributed by atoms with Crippen LogP contribution in [0.15, 0.2) is 12.1 Å². The molecular formula is C17H20ClN3O4S. The summed E-state index contributed by atoms with van der Waals surface area (Å²) in [6, 6.07) is 3.25. The first-order valence-corrected chi connectivity index (χ1v) is 9.17. The highest BCUT2D eigenvalue weighted by Crippen LogP contribution is 2.23. The lowest BCUT2D eigenvalue weighted by Crippen LogP contribution is -2.30. The van der Waals surface area contributed by atoms with Gasteiger partial charge in [0.1, 0.15) is 0 Å². The van der Waals surface area contributed by atoms with Gasteiger partial charge in [0.05, 0.1) is 32.7 Å². The highest BCUT2D eigenvalue weighted by atomic mass is 35.5. The molecule has 0 fully saturated rings. The molecular weight excluding hydrogens is 378 g/mol. The molecule has 0 aliphatic carbocycles. The smallest absolute Gasteiger partial charge is 0.307 e. The molecule has 0 unspecified atom stereocenters. The summed E-state index contributed by atoms with van der Waals surface area (Å²) in [5, 5.41) is 6.93. The third kappa shape index (κ3) is 4.92. The van der Waals surface area contributed by atoms with Crippen molar-refractivity contribution in [1.29, 1.82) is 0 Å². The van der Waals surface area contributed by atoms with Gasteiger partial charge in [-0.3, -0.25) is 19.1 Å². The van der Waals surface area contributed by atoms with E-state index in [1.165, 1.54) is 6.92 Å². The number of ether oxygens (including phenoxy) is 1. The lowest BCUT2D eigenvalue weighted by Gasteiger charge is -2.13. The number of esters is 1. The second-order valence-corrected chi connectivity index (χ2v) is 7.53. The summed E-state index contributed by atoms with van der Waals surface area (Å²) in [7, 11) is 1.78. The Morgan fingerprint density at radius 1 is 1.31 bits per heavy atom. The number of anilines is 1. The van der Waals surface area contributed by atoms with Crippen LogP contribution in [0.2, 0.25) is 4.34 Å². The second kappa shape index (κ2) is 8.46. The number of amides is 1. The molecule has 0 saturated carbocycles. The fraction of sp³-hybridized carbons (Fsp3) is 0.412. The Kier molecular flexibility index (Phi) is 6.55. The predicted molar refractivity (Wildman–Crippen MR) is 99.8 cm³/mol. The van der Waals surface area contributed by atoms with Gasteiger partial charge < -0.3 is 10.1 Å². The van der Waals surface area contributed by atoms with E-state index in [0.29, 0.717) is 20.6 Å². The van der Waals surface area contributed by atoms with E-state index in [4.69, 9.17) is 16.3 Å². The molecule has 7 nitrogen and oxygen atoms in total. The van der Waals surface area contributed by atoms with Gasteiger partial charge >= 0.3 is 5.97 Å². The number of Topliss-reactive ketones (excluding diaryl/α,β-unsaturated/α-hetero) is 1. The van der Waals surface area contributed by atoms with Crippen molar-refractivity contribution in [3.05, 3.63) is 32.7 Å². The first-order chi connectivity index (χ1) is 12.2. The molecule has 0 aromatic carbocycles. The molecule has 9 heteroatoms. The van der Waals surface area contributed by atoms with E-state index in [1.807, 2.05) is 6.92 Å². The van der Waals surface area contributed by atoms with Crippen molar-refractivity contribution < 1.29 is 19.1 Å². The van der Waals surface area contributed by atoms with Gasteiger partial charge in [-0.25, -0.2) is 0 Å². The highest BCUT2D eigenvalue weighted by molar-refractivity contribution is 7.18. The van der Waals surface area contributed by atoms with Crippen LogP contribution in [0.25, 0.3) is 0 Å². The Morgan fingerprint density at radius 2 is 2.00 bits per heavy atom. The summed E-state index contributed by atoms with van der Waals surface area (Å²) in [4.78, 5) is 36.6. The number of thiophene rings is 1. The molecule has 2 aromatic heterocycles. The first-order valence-electron chi connectivity index (χ1n) is 7.98. The van der Waals surface area contributed by atoms with Crippen LogP contribution >= 0.6 is 22.9 Å². The summed E-state index contributed by atoms with van der Waals surface area (Å²) in [6.07, 6.45) is -1.07. The van der Waals surface area contributed by atoms with E-state index in [9.17, 15) is 14.4 Å². The largest absolute Gasteiger partial charge is 0.453 e. The number of ketones is 1. The maximum absolute atomic E-state index is 12.2. The summed E-state index contributed by atoms with van der Waals surface area (Å²) in [5.74, 6) is -1.24. The number of nitrogens with one attached hydrogen (secondary N) is 1. The third-order valence-electron chi connectivity index (χ3n) is 3.84. The van der Waals surface area contributed by atoms with Gasteiger partial charge in [0, 0.05) is 13.5 Å². The van der Waals surface area contributed by atoms with Gasteiger partial charge in [0.2, 0.25) is 0 Å². The second-order valence-electron chi connectivity index (χ2n) is 5.82. The fourth-order valence-electron chi connectivity index (χ4n) is 2.29. The van der Waals surface area contributed by atoms with Crippen LogP contribution in [0.5, 0.6) is 0 Å². The number of rotatable bonds is 7. The lowest BCUT2D eigenvalue weighted by atomic mass is 10.2. The Bertz CT molecular complexity index is 843. The maximum Gasteiger partial charge on any atom is 0.307 e. The zero-order valence-electron chi connectivity index (χ0n) is 15.0. The number of hydrogen-bond donors (Lipinski definition) is 1. The van der Waals surface area contributed by atoms with Crippen LogP contribution in [0.4, 0.5) is 5.69 Å². The molecule has 0 saturated heterocycles. The minimum Gasteiger partial charge on any atom is -0.453 e. The van der Waals surface area contributed by atoms with Gasteiger partial charge in [-0.05, 0) is 32.9 Å². The minimum absolute atomic E-state index is 0.00480. The van der Waals surface area contributed by atoms with Crippen molar-refractivity contribution in [2.75, 3.05) is 5.32 Å². The van der Waals surface area contributed by atoms with Gasteiger partial charge in [0.15, 0.2) is 11.9 Å². The summed E-state index contributed by atoms with van der Waals surface area (Å²) < 4.78 is 7.28. The molecule has 26 heavy (non-hydrogen) atoms. The SMILES string of the molecule is Cc1nn(C)c(C)c1NC(=O)[C@@H](C)OC(=O)CCC(=O)c1ccc(Cl)s1. The van der Waals surface area contributed by atoms with Crippen molar-refractivity contribution in [2.24, 2.45) is 7.05 Å². The first kappa shape index (κ1) is 20.1. The predicted octanol–water partition coefficient (Wildman–Crippen LogP) is 3.29.